The third-order valence-corrected chi connectivity index (χ3v) is 7.14. The molecule has 4 aromatic carbocycles. The minimum atomic E-state index is -1.51. The Morgan fingerprint density at radius 3 is 1.74 bits per heavy atom. The van der Waals surface area contributed by atoms with Gasteiger partial charge in [0, 0.05) is 23.3 Å². The summed E-state index contributed by atoms with van der Waals surface area (Å²) in [5.41, 5.74) is 4.38. The molecule has 0 bridgehead atoms. The molecule has 2 aromatic heterocycles. The summed E-state index contributed by atoms with van der Waals surface area (Å²) >= 11 is 0. The van der Waals surface area contributed by atoms with Crippen LogP contribution < -0.4 is 0 Å². The van der Waals surface area contributed by atoms with Gasteiger partial charge in [-0.2, -0.15) is 0 Å². The van der Waals surface area contributed by atoms with Gasteiger partial charge in [0.1, 0.15) is 28.5 Å². The van der Waals surface area contributed by atoms with E-state index in [0.29, 0.717) is 17.2 Å². The van der Waals surface area contributed by atoms with Crippen LogP contribution in [0.25, 0.3) is 44.8 Å². The molecule has 6 rings (SSSR count). The molecule has 0 amide bonds. The van der Waals surface area contributed by atoms with Crippen molar-refractivity contribution >= 4 is 22.1 Å². The van der Waals surface area contributed by atoms with Gasteiger partial charge in [-0.15, -0.1) is 0 Å². The van der Waals surface area contributed by atoms with E-state index in [1.807, 2.05) is 48.5 Å². The number of hydrogen-bond acceptors (Lipinski definition) is 2. The van der Waals surface area contributed by atoms with Crippen molar-refractivity contribution in [1.82, 2.24) is 19.9 Å². The minimum Gasteiger partial charge on any atom is -0.338 e. The van der Waals surface area contributed by atoms with Crippen LogP contribution in [-0.2, 0) is 10.8 Å². The molecule has 0 spiro atoms. The molecule has 2 N–H and O–H groups in total. The first kappa shape index (κ1) is 29.9. The molecule has 6 aromatic rings. The Morgan fingerprint density at radius 2 is 1.12 bits per heavy atom. The van der Waals surface area contributed by atoms with E-state index in [1.165, 1.54) is 6.07 Å². The Morgan fingerprint density at radius 1 is 0.535 bits per heavy atom. The number of aromatic nitrogens is 4. The summed E-state index contributed by atoms with van der Waals surface area (Å²) in [5, 5.41) is 0. The molecule has 222 valence electrons. The van der Waals surface area contributed by atoms with Gasteiger partial charge in [-0.25, -0.2) is 31.9 Å². The first-order valence-corrected chi connectivity index (χ1v) is 13.7. The second-order valence-electron chi connectivity index (χ2n) is 12.5. The number of benzene rings is 4. The van der Waals surface area contributed by atoms with Crippen LogP contribution in [-0.4, -0.2) is 19.9 Å². The molecule has 0 atom stereocenters. The highest BCUT2D eigenvalue weighted by atomic mass is 19.2. The number of hydrogen-bond donors (Lipinski definition) is 2. The highest BCUT2D eigenvalue weighted by Crippen LogP contribution is 2.30. The van der Waals surface area contributed by atoms with Crippen molar-refractivity contribution in [3.05, 3.63) is 107 Å². The number of fused-ring (bicyclic) bond motifs is 2. The lowest BCUT2D eigenvalue weighted by Crippen LogP contribution is -2.10. The molecule has 0 fully saturated rings. The van der Waals surface area contributed by atoms with E-state index in [9.17, 15) is 22.0 Å². The van der Waals surface area contributed by atoms with Crippen molar-refractivity contribution < 1.29 is 22.0 Å². The molecule has 0 saturated heterocycles. The molecule has 0 radical (unpaired) electrons. The molecule has 0 unspecified atom stereocenters. The van der Waals surface area contributed by atoms with Crippen molar-refractivity contribution in [1.29, 1.82) is 0 Å². The van der Waals surface area contributed by atoms with Crippen LogP contribution in [0, 0.1) is 29.1 Å². The molecule has 2 heterocycles. The van der Waals surface area contributed by atoms with Gasteiger partial charge in [0.25, 0.3) is 0 Å². The fourth-order valence-corrected chi connectivity index (χ4v) is 4.63. The van der Waals surface area contributed by atoms with Crippen molar-refractivity contribution in [2.45, 2.75) is 52.4 Å². The maximum Gasteiger partial charge on any atom is 0.196 e. The van der Waals surface area contributed by atoms with E-state index in [-0.39, 0.29) is 27.4 Å². The van der Waals surface area contributed by atoms with Crippen LogP contribution in [0.15, 0.2) is 66.7 Å². The predicted molar refractivity (Wildman–Crippen MR) is 160 cm³/mol. The number of nitrogens with zero attached hydrogens (tertiary/aromatic N) is 2. The molecule has 43 heavy (non-hydrogen) atoms. The van der Waals surface area contributed by atoms with Crippen molar-refractivity contribution in [2.24, 2.45) is 0 Å². The topological polar surface area (TPSA) is 57.4 Å². The molecule has 0 aliphatic heterocycles. The van der Waals surface area contributed by atoms with E-state index in [4.69, 9.17) is 0 Å². The van der Waals surface area contributed by atoms with Crippen LogP contribution in [0.5, 0.6) is 0 Å². The normalized spacial score (nSPS) is 12.1. The summed E-state index contributed by atoms with van der Waals surface area (Å²) < 4.78 is 67.2. The van der Waals surface area contributed by atoms with Gasteiger partial charge in [0.2, 0.25) is 0 Å². The Balaban J connectivity index is 0.000000171. The second kappa shape index (κ2) is 10.9. The lowest BCUT2D eigenvalue weighted by molar-refractivity contribution is 0.452. The van der Waals surface area contributed by atoms with Crippen LogP contribution in [0.2, 0.25) is 0 Å². The van der Waals surface area contributed by atoms with E-state index in [2.05, 4.69) is 61.5 Å². The van der Waals surface area contributed by atoms with Crippen LogP contribution >= 0.6 is 0 Å². The van der Waals surface area contributed by atoms with E-state index in [1.54, 1.807) is 0 Å². The monoisotopic (exact) mass is 590 g/mol. The van der Waals surface area contributed by atoms with Crippen LogP contribution in [0.1, 0.15) is 52.7 Å². The van der Waals surface area contributed by atoms with Gasteiger partial charge >= 0.3 is 0 Å². The zero-order valence-corrected chi connectivity index (χ0v) is 24.6. The lowest BCUT2D eigenvalue weighted by atomic mass is 9.86. The number of halogens is 5. The quantitative estimate of drug-likeness (QED) is 0.156. The van der Waals surface area contributed by atoms with Crippen molar-refractivity contribution in [3.63, 3.8) is 0 Å². The van der Waals surface area contributed by atoms with E-state index >= 15 is 0 Å². The first-order valence-electron chi connectivity index (χ1n) is 13.7. The van der Waals surface area contributed by atoms with E-state index < -0.39 is 29.1 Å². The maximum absolute atomic E-state index is 13.7. The third-order valence-electron chi connectivity index (χ3n) is 7.14. The summed E-state index contributed by atoms with van der Waals surface area (Å²) in [6.07, 6.45) is 0. The third kappa shape index (κ3) is 6.16. The SMILES string of the molecule is CC(C)(C)c1ccc(-c2nc3c(F)c(F)c(F)cc3[nH]2)cc1.CC(C)(C)c1cccc(-c2nc3c(F)cc(F)cc3[nH]2)c1. The Labute approximate surface area is 246 Å². The molecule has 0 aliphatic rings. The summed E-state index contributed by atoms with van der Waals surface area (Å²) in [6, 6.07) is 18.5. The Hall–Kier alpha value is -4.53. The molecular weight excluding hydrogens is 559 g/mol. The summed E-state index contributed by atoms with van der Waals surface area (Å²) in [5.74, 6) is -4.36. The molecule has 9 heteroatoms. The average molecular weight is 591 g/mol. The standard InChI is InChI=1S/C17H15F3N2.C17H16F2N2/c1-17(2,3)10-6-4-9(5-7-10)16-21-12-8-11(18)13(19)14(20)15(12)22-16;1-17(2,3)11-6-4-5-10(7-11)16-20-14-9-12(18)8-13(19)15(14)21-16/h4-8H,1-3H3,(H,21,22);4-9H,1-3H3,(H,20,21). The fraction of sp³-hybridized carbons (Fsp3) is 0.235. The molecular formula is C34H31F5N4. The fourth-order valence-electron chi connectivity index (χ4n) is 4.63. The lowest BCUT2D eigenvalue weighted by Gasteiger charge is -2.19. The predicted octanol–water partition coefficient (Wildman–Crippen LogP) is 9.75. The maximum atomic E-state index is 13.7. The van der Waals surface area contributed by atoms with Gasteiger partial charge in [0.15, 0.2) is 23.3 Å². The zero-order chi connectivity index (χ0) is 31.3. The number of aromatic amines is 2. The van der Waals surface area contributed by atoms with Gasteiger partial charge in [-0.1, -0.05) is 84.0 Å². The summed E-state index contributed by atoms with van der Waals surface area (Å²) in [4.78, 5) is 14.1. The van der Waals surface area contributed by atoms with Gasteiger partial charge in [-0.3, -0.25) is 0 Å². The zero-order valence-electron chi connectivity index (χ0n) is 24.6. The largest absolute Gasteiger partial charge is 0.338 e. The first-order chi connectivity index (χ1) is 20.1. The van der Waals surface area contributed by atoms with Crippen molar-refractivity contribution in [3.8, 4) is 22.8 Å². The number of imidazole rings is 2. The number of nitrogens with one attached hydrogen (secondary N) is 2. The smallest absolute Gasteiger partial charge is 0.196 e. The summed E-state index contributed by atoms with van der Waals surface area (Å²) in [7, 11) is 0. The Bertz CT molecular complexity index is 1940. The minimum absolute atomic E-state index is 0.0133. The summed E-state index contributed by atoms with van der Waals surface area (Å²) in [6.45, 7) is 12.7. The Kier molecular flexibility index (Phi) is 7.62. The number of H-pyrrole nitrogens is 2. The van der Waals surface area contributed by atoms with Crippen LogP contribution in [0.3, 0.4) is 0 Å². The van der Waals surface area contributed by atoms with Crippen LogP contribution in [0.4, 0.5) is 22.0 Å². The van der Waals surface area contributed by atoms with E-state index in [0.717, 1.165) is 34.4 Å². The van der Waals surface area contributed by atoms with Gasteiger partial charge in [0.05, 0.1) is 11.0 Å². The molecule has 0 saturated carbocycles. The van der Waals surface area contributed by atoms with Crippen molar-refractivity contribution in [2.75, 3.05) is 0 Å². The highest BCUT2D eigenvalue weighted by molar-refractivity contribution is 5.81. The average Bonchev–Trinajstić information content (AvgIpc) is 3.56. The second-order valence-corrected chi connectivity index (χ2v) is 12.5. The number of rotatable bonds is 2. The highest BCUT2D eigenvalue weighted by Gasteiger charge is 2.19. The van der Waals surface area contributed by atoms with Gasteiger partial charge < -0.3 is 9.97 Å². The molecule has 0 aliphatic carbocycles. The van der Waals surface area contributed by atoms with Gasteiger partial charge in [-0.05, 0) is 34.1 Å². The molecule has 4 nitrogen and oxygen atoms in total.